The van der Waals surface area contributed by atoms with E-state index in [0.717, 1.165) is 5.56 Å². The standard InChI is InChI=1S/C9H12N4O/c1-5-3-2-4-6(7(5)10)8(14)13-9(11)12/h2-4H,10H2,1H3,(H4,11,12,13,14). The predicted molar refractivity (Wildman–Crippen MR) is 55.7 cm³/mol. The molecule has 0 saturated carbocycles. The zero-order valence-corrected chi connectivity index (χ0v) is 7.82. The molecule has 0 saturated heterocycles. The third-order valence-electron chi connectivity index (χ3n) is 1.79. The molecule has 0 atom stereocenters. The van der Waals surface area contributed by atoms with Crippen molar-refractivity contribution in [3.8, 4) is 0 Å². The maximum Gasteiger partial charge on any atom is 0.282 e. The Morgan fingerprint density at radius 3 is 2.57 bits per heavy atom. The van der Waals surface area contributed by atoms with Crippen LogP contribution in [0.2, 0.25) is 0 Å². The summed E-state index contributed by atoms with van der Waals surface area (Å²) in [6.45, 7) is 1.81. The summed E-state index contributed by atoms with van der Waals surface area (Å²) in [5.41, 5.74) is 17.4. The topological polar surface area (TPSA) is 107 Å². The Labute approximate surface area is 81.6 Å². The van der Waals surface area contributed by atoms with Crippen LogP contribution in [0.15, 0.2) is 23.2 Å². The molecular formula is C9H12N4O. The van der Waals surface area contributed by atoms with Gasteiger partial charge in [-0.1, -0.05) is 12.1 Å². The molecule has 1 rings (SSSR count). The predicted octanol–water partition coefficient (Wildman–Crippen LogP) is -0.00918. The monoisotopic (exact) mass is 192 g/mol. The fourth-order valence-corrected chi connectivity index (χ4v) is 1.04. The van der Waals surface area contributed by atoms with Gasteiger partial charge in [0.1, 0.15) is 0 Å². The SMILES string of the molecule is Cc1cccc(C(=O)N=C(N)N)c1N. The molecule has 0 aromatic heterocycles. The molecule has 1 aromatic carbocycles. The number of aliphatic imine (C=N–C) groups is 1. The van der Waals surface area contributed by atoms with Crippen LogP contribution in [-0.2, 0) is 0 Å². The lowest BCUT2D eigenvalue weighted by atomic mass is 10.1. The van der Waals surface area contributed by atoms with Gasteiger partial charge in [-0.25, -0.2) is 0 Å². The van der Waals surface area contributed by atoms with Gasteiger partial charge in [0.2, 0.25) is 0 Å². The molecule has 1 amide bonds. The van der Waals surface area contributed by atoms with Crippen LogP contribution in [0.3, 0.4) is 0 Å². The number of nitrogens with two attached hydrogens (primary N) is 3. The molecule has 6 N–H and O–H groups in total. The van der Waals surface area contributed by atoms with Crippen molar-refractivity contribution >= 4 is 17.6 Å². The van der Waals surface area contributed by atoms with Crippen molar-refractivity contribution < 1.29 is 4.79 Å². The van der Waals surface area contributed by atoms with E-state index in [2.05, 4.69) is 4.99 Å². The second kappa shape index (κ2) is 3.78. The zero-order chi connectivity index (χ0) is 10.7. The van der Waals surface area contributed by atoms with E-state index in [9.17, 15) is 4.79 Å². The summed E-state index contributed by atoms with van der Waals surface area (Å²) in [6, 6.07) is 5.11. The van der Waals surface area contributed by atoms with Gasteiger partial charge >= 0.3 is 0 Å². The van der Waals surface area contributed by atoms with Crippen molar-refractivity contribution in [3.63, 3.8) is 0 Å². The van der Waals surface area contributed by atoms with E-state index in [-0.39, 0.29) is 5.96 Å². The molecule has 1 aromatic rings. The lowest BCUT2D eigenvalue weighted by Gasteiger charge is -2.03. The fraction of sp³-hybridized carbons (Fsp3) is 0.111. The van der Waals surface area contributed by atoms with Gasteiger partial charge in [0.15, 0.2) is 5.96 Å². The third kappa shape index (κ3) is 2.01. The molecule has 0 unspecified atom stereocenters. The summed E-state index contributed by atoms with van der Waals surface area (Å²) in [5, 5.41) is 0. The van der Waals surface area contributed by atoms with Crippen molar-refractivity contribution in [1.82, 2.24) is 0 Å². The molecule has 74 valence electrons. The summed E-state index contributed by atoms with van der Waals surface area (Å²) in [6.07, 6.45) is 0. The average Bonchev–Trinajstić information content (AvgIpc) is 2.08. The minimum absolute atomic E-state index is 0.268. The van der Waals surface area contributed by atoms with E-state index in [0.29, 0.717) is 11.3 Å². The van der Waals surface area contributed by atoms with Crippen LogP contribution in [0, 0.1) is 6.92 Å². The van der Waals surface area contributed by atoms with Crippen LogP contribution in [-0.4, -0.2) is 11.9 Å². The minimum atomic E-state index is -0.522. The molecule has 0 bridgehead atoms. The first-order valence-electron chi connectivity index (χ1n) is 4.01. The molecule has 0 heterocycles. The van der Waals surface area contributed by atoms with Gasteiger partial charge in [0.25, 0.3) is 5.91 Å². The van der Waals surface area contributed by atoms with E-state index < -0.39 is 5.91 Å². The fourth-order valence-electron chi connectivity index (χ4n) is 1.04. The van der Waals surface area contributed by atoms with E-state index in [1.165, 1.54) is 0 Å². The normalized spacial score (nSPS) is 9.50. The molecule has 0 aliphatic heterocycles. The second-order valence-electron chi connectivity index (χ2n) is 2.88. The Kier molecular flexibility index (Phi) is 2.71. The molecule has 0 radical (unpaired) electrons. The van der Waals surface area contributed by atoms with Crippen LogP contribution < -0.4 is 17.2 Å². The minimum Gasteiger partial charge on any atom is -0.398 e. The first-order chi connectivity index (χ1) is 6.52. The van der Waals surface area contributed by atoms with E-state index in [1.54, 1.807) is 12.1 Å². The Hall–Kier alpha value is -2.04. The van der Waals surface area contributed by atoms with Crippen LogP contribution in [0.1, 0.15) is 15.9 Å². The highest BCUT2D eigenvalue weighted by Gasteiger charge is 2.09. The summed E-state index contributed by atoms with van der Waals surface area (Å²) >= 11 is 0. The third-order valence-corrected chi connectivity index (χ3v) is 1.79. The molecule has 0 spiro atoms. The number of amides is 1. The Bertz CT molecular complexity index is 394. The average molecular weight is 192 g/mol. The van der Waals surface area contributed by atoms with Gasteiger partial charge in [0, 0.05) is 5.69 Å². The highest BCUT2D eigenvalue weighted by atomic mass is 16.1. The summed E-state index contributed by atoms with van der Waals surface area (Å²) in [4.78, 5) is 14.8. The smallest absolute Gasteiger partial charge is 0.282 e. The Morgan fingerprint density at radius 2 is 2.00 bits per heavy atom. The van der Waals surface area contributed by atoms with Gasteiger partial charge in [-0.05, 0) is 18.6 Å². The van der Waals surface area contributed by atoms with Crippen molar-refractivity contribution in [1.29, 1.82) is 0 Å². The van der Waals surface area contributed by atoms with Crippen LogP contribution in [0.5, 0.6) is 0 Å². The van der Waals surface area contributed by atoms with Crippen LogP contribution in [0.25, 0.3) is 0 Å². The largest absolute Gasteiger partial charge is 0.398 e. The first kappa shape index (κ1) is 10.0. The number of rotatable bonds is 1. The Balaban J connectivity index is 3.14. The van der Waals surface area contributed by atoms with Gasteiger partial charge in [-0.2, -0.15) is 4.99 Å². The number of carbonyl (C=O) groups excluding carboxylic acids is 1. The number of benzene rings is 1. The van der Waals surface area contributed by atoms with E-state index >= 15 is 0 Å². The molecule has 5 nitrogen and oxygen atoms in total. The van der Waals surface area contributed by atoms with Gasteiger partial charge in [0.05, 0.1) is 5.56 Å². The van der Waals surface area contributed by atoms with Gasteiger partial charge in [-0.3, -0.25) is 4.79 Å². The van der Waals surface area contributed by atoms with E-state index in [4.69, 9.17) is 17.2 Å². The summed E-state index contributed by atoms with van der Waals surface area (Å²) in [5.74, 6) is -0.790. The number of anilines is 1. The summed E-state index contributed by atoms with van der Waals surface area (Å²) < 4.78 is 0. The lowest BCUT2D eigenvalue weighted by Crippen LogP contribution is -2.24. The number of aryl methyl sites for hydroxylation is 1. The molecule has 14 heavy (non-hydrogen) atoms. The quantitative estimate of drug-likeness (QED) is 0.330. The molecule has 0 aliphatic carbocycles. The maximum atomic E-state index is 11.4. The lowest BCUT2D eigenvalue weighted by molar-refractivity contribution is 0.100. The number of hydrogen-bond acceptors (Lipinski definition) is 2. The van der Waals surface area contributed by atoms with Gasteiger partial charge in [-0.15, -0.1) is 0 Å². The zero-order valence-electron chi connectivity index (χ0n) is 7.82. The molecular weight excluding hydrogens is 180 g/mol. The van der Waals surface area contributed by atoms with Crippen molar-refractivity contribution in [2.75, 3.05) is 5.73 Å². The number of nitrogens with zero attached hydrogens (tertiary/aromatic N) is 1. The maximum absolute atomic E-state index is 11.4. The van der Waals surface area contributed by atoms with Crippen molar-refractivity contribution in [3.05, 3.63) is 29.3 Å². The number of nitrogen functional groups attached to an aromatic ring is 1. The van der Waals surface area contributed by atoms with Crippen molar-refractivity contribution in [2.24, 2.45) is 16.5 Å². The first-order valence-corrected chi connectivity index (χ1v) is 4.01. The highest BCUT2D eigenvalue weighted by molar-refractivity contribution is 6.05. The molecule has 5 heteroatoms. The highest BCUT2D eigenvalue weighted by Crippen LogP contribution is 2.16. The second-order valence-corrected chi connectivity index (χ2v) is 2.88. The summed E-state index contributed by atoms with van der Waals surface area (Å²) in [7, 11) is 0. The molecule has 0 fully saturated rings. The van der Waals surface area contributed by atoms with Crippen molar-refractivity contribution in [2.45, 2.75) is 6.92 Å². The number of para-hydroxylation sites is 1. The number of guanidine groups is 1. The Morgan fingerprint density at radius 1 is 1.36 bits per heavy atom. The van der Waals surface area contributed by atoms with E-state index in [1.807, 2.05) is 13.0 Å². The van der Waals surface area contributed by atoms with Gasteiger partial charge < -0.3 is 17.2 Å². The number of carbonyl (C=O) groups is 1. The molecule has 0 aliphatic rings. The van der Waals surface area contributed by atoms with Crippen LogP contribution in [0.4, 0.5) is 5.69 Å². The number of hydrogen-bond donors (Lipinski definition) is 3. The van der Waals surface area contributed by atoms with Crippen LogP contribution >= 0.6 is 0 Å².